The van der Waals surface area contributed by atoms with Crippen LogP contribution in [0.3, 0.4) is 0 Å². The van der Waals surface area contributed by atoms with E-state index in [0.29, 0.717) is 0 Å². The summed E-state index contributed by atoms with van der Waals surface area (Å²) in [6.45, 7) is 0.382. The van der Waals surface area contributed by atoms with Gasteiger partial charge >= 0.3 is 6.09 Å². The number of fused-ring (bicyclic) bond motifs is 1. The van der Waals surface area contributed by atoms with Crippen molar-refractivity contribution in [1.29, 1.82) is 0 Å². The number of cyclic esters (lactones) is 1. The number of halogens is 2. The van der Waals surface area contributed by atoms with E-state index in [4.69, 9.17) is 9.26 Å². The summed E-state index contributed by atoms with van der Waals surface area (Å²) in [5.74, 6) is -2.63. The van der Waals surface area contributed by atoms with Crippen molar-refractivity contribution in [2.45, 2.75) is 0 Å². The third-order valence-corrected chi connectivity index (χ3v) is 2.80. The fourth-order valence-electron chi connectivity index (χ4n) is 1.89. The SMILES string of the molecule is O=Cc1cc2c(N3CCOC3=O)noc2c(F)c1F. The Kier molecular flexibility index (Phi) is 2.44. The average molecular weight is 268 g/mol. The van der Waals surface area contributed by atoms with Crippen molar-refractivity contribution in [3.05, 3.63) is 23.3 Å². The van der Waals surface area contributed by atoms with Crippen LogP contribution in [0.2, 0.25) is 0 Å². The molecule has 0 N–H and O–H groups in total. The molecule has 1 aliphatic rings. The maximum atomic E-state index is 13.6. The van der Waals surface area contributed by atoms with Crippen molar-refractivity contribution in [2.24, 2.45) is 0 Å². The van der Waals surface area contributed by atoms with Gasteiger partial charge in [0, 0.05) is 0 Å². The molecule has 2 heterocycles. The van der Waals surface area contributed by atoms with Gasteiger partial charge in [0.05, 0.1) is 17.5 Å². The molecule has 1 fully saturated rings. The lowest BCUT2D eigenvalue weighted by atomic mass is 10.1. The molecule has 1 aromatic heterocycles. The largest absolute Gasteiger partial charge is 0.447 e. The predicted octanol–water partition coefficient (Wildman–Crippen LogP) is 1.88. The number of amides is 1. The fourth-order valence-corrected chi connectivity index (χ4v) is 1.89. The van der Waals surface area contributed by atoms with E-state index >= 15 is 0 Å². The van der Waals surface area contributed by atoms with Gasteiger partial charge in [0.1, 0.15) is 6.61 Å². The molecule has 1 saturated heterocycles. The van der Waals surface area contributed by atoms with E-state index in [2.05, 4.69) is 5.16 Å². The molecule has 0 spiro atoms. The van der Waals surface area contributed by atoms with Gasteiger partial charge in [-0.3, -0.25) is 9.69 Å². The van der Waals surface area contributed by atoms with Crippen LogP contribution in [0, 0.1) is 11.6 Å². The van der Waals surface area contributed by atoms with Crippen LogP contribution in [-0.2, 0) is 4.74 Å². The fraction of sp³-hybridized carbons (Fsp3) is 0.182. The average Bonchev–Trinajstić information content (AvgIpc) is 2.99. The molecule has 1 aromatic carbocycles. The standard InChI is InChI=1S/C11H6F2N2O4/c12-7-5(4-16)3-6-9(8(7)13)19-14-10(6)15-1-2-18-11(15)17/h3-4H,1-2H2. The predicted molar refractivity (Wildman–Crippen MR) is 58.0 cm³/mol. The van der Waals surface area contributed by atoms with Gasteiger partial charge in [0.25, 0.3) is 0 Å². The van der Waals surface area contributed by atoms with Crippen molar-refractivity contribution < 1.29 is 27.6 Å². The Balaban J connectivity index is 2.25. The van der Waals surface area contributed by atoms with E-state index in [1.165, 1.54) is 0 Å². The van der Waals surface area contributed by atoms with Gasteiger partial charge in [0.15, 0.2) is 17.9 Å². The van der Waals surface area contributed by atoms with Gasteiger partial charge in [-0.1, -0.05) is 5.16 Å². The molecule has 2 aromatic rings. The summed E-state index contributed by atoms with van der Waals surface area (Å²) in [6.07, 6.45) is -0.482. The molecule has 1 amide bonds. The first-order chi connectivity index (χ1) is 9.13. The number of hydrogen-bond donors (Lipinski definition) is 0. The number of carbonyl (C=O) groups excluding carboxylic acids is 2. The number of rotatable bonds is 2. The van der Waals surface area contributed by atoms with Gasteiger partial charge in [0.2, 0.25) is 11.4 Å². The number of aromatic nitrogens is 1. The van der Waals surface area contributed by atoms with Crippen molar-refractivity contribution in [3.63, 3.8) is 0 Å². The van der Waals surface area contributed by atoms with Crippen LogP contribution in [0.4, 0.5) is 19.4 Å². The second-order valence-electron chi connectivity index (χ2n) is 3.86. The van der Waals surface area contributed by atoms with Crippen LogP contribution < -0.4 is 4.90 Å². The molecular weight excluding hydrogens is 262 g/mol. The summed E-state index contributed by atoms with van der Waals surface area (Å²) in [4.78, 5) is 23.2. The maximum Gasteiger partial charge on any atom is 0.415 e. The molecule has 19 heavy (non-hydrogen) atoms. The third-order valence-electron chi connectivity index (χ3n) is 2.80. The zero-order valence-corrected chi connectivity index (χ0v) is 9.35. The van der Waals surface area contributed by atoms with Crippen LogP contribution in [0.25, 0.3) is 11.0 Å². The van der Waals surface area contributed by atoms with Gasteiger partial charge in [-0.2, -0.15) is 4.39 Å². The van der Waals surface area contributed by atoms with Crippen LogP contribution in [0.5, 0.6) is 0 Å². The monoisotopic (exact) mass is 268 g/mol. The highest BCUT2D eigenvalue weighted by molar-refractivity contribution is 6.00. The Morgan fingerprint density at radius 2 is 2.16 bits per heavy atom. The molecule has 6 nitrogen and oxygen atoms in total. The first-order valence-electron chi connectivity index (χ1n) is 5.30. The number of aldehydes is 1. The van der Waals surface area contributed by atoms with E-state index in [-0.39, 0.29) is 30.6 Å². The number of benzene rings is 1. The normalized spacial score (nSPS) is 15.1. The van der Waals surface area contributed by atoms with Crippen molar-refractivity contribution >= 4 is 29.2 Å². The van der Waals surface area contributed by atoms with E-state index in [9.17, 15) is 18.4 Å². The number of ether oxygens (including phenoxy) is 1. The Morgan fingerprint density at radius 3 is 2.79 bits per heavy atom. The highest BCUT2D eigenvalue weighted by Gasteiger charge is 2.30. The lowest BCUT2D eigenvalue weighted by molar-refractivity contribution is 0.111. The molecular formula is C11H6F2N2O4. The van der Waals surface area contributed by atoms with Crippen LogP contribution in [-0.4, -0.2) is 30.7 Å². The third kappa shape index (κ3) is 1.56. The van der Waals surface area contributed by atoms with E-state index < -0.39 is 28.9 Å². The Bertz CT molecular complexity index is 698. The Hall–Kier alpha value is -2.51. The molecule has 1 aliphatic heterocycles. The van der Waals surface area contributed by atoms with Crippen molar-refractivity contribution in [2.75, 3.05) is 18.1 Å². The molecule has 0 atom stereocenters. The van der Waals surface area contributed by atoms with Crippen LogP contribution >= 0.6 is 0 Å². The molecule has 8 heteroatoms. The second kappa shape index (κ2) is 4.01. The molecule has 0 bridgehead atoms. The van der Waals surface area contributed by atoms with Crippen LogP contribution in [0.15, 0.2) is 10.6 Å². The summed E-state index contributed by atoms with van der Waals surface area (Å²) in [5, 5.41) is 3.57. The first kappa shape index (κ1) is 11.6. The van der Waals surface area contributed by atoms with Crippen LogP contribution in [0.1, 0.15) is 10.4 Å². The second-order valence-corrected chi connectivity index (χ2v) is 3.86. The smallest absolute Gasteiger partial charge is 0.415 e. The van der Waals surface area contributed by atoms with Gasteiger partial charge in [-0.15, -0.1) is 0 Å². The minimum absolute atomic E-state index is 0.000463. The molecule has 0 saturated carbocycles. The summed E-state index contributed by atoms with van der Waals surface area (Å²) in [7, 11) is 0. The van der Waals surface area contributed by atoms with Crippen molar-refractivity contribution in [1.82, 2.24) is 5.16 Å². The molecule has 0 aliphatic carbocycles. The van der Waals surface area contributed by atoms with Gasteiger partial charge in [-0.05, 0) is 6.07 Å². The van der Waals surface area contributed by atoms with E-state index in [1.54, 1.807) is 0 Å². The summed E-state index contributed by atoms with van der Waals surface area (Å²) < 4.78 is 36.4. The Labute approximate surface area is 104 Å². The number of anilines is 1. The number of carbonyl (C=O) groups is 2. The lowest BCUT2D eigenvalue weighted by Crippen LogP contribution is -2.23. The minimum atomic E-state index is -1.31. The summed E-state index contributed by atoms with van der Waals surface area (Å²) in [5.41, 5.74) is -0.917. The minimum Gasteiger partial charge on any atom is -0.447 e. The van der Waals surface area contributed by atoms with E-state index in [0.717, 1.165) is 11.0 Å². The number of nitrogens with zero attached hydrogens (tertiary/aromatic N) is 2. The van der Waals surface area contributed by atoms with Crippen molar-refractivity contribution in [3.8, 4) is 0 Å². The topological polar surface area (TPSA) is 72.6 Å². The lowest BCUT2D eigenvalue weighted by Gasteiger charge is -2.08. The highest BCUT2D eigenvalue weighted by Crippen LogP contribution is 2.31. The highest BCUT2D eigenvalue weighted by atomic mass is 19.2. The van der Waals surface area contributed by atoms with Gasteiger partial charge < -0.3 is 9.26 Å². The molecule has 98 valence electrons. The zero-order valence-electron chi connectivity index (χ0n) is 9.35. The zero-order chi connectivity index (χ0) is 13.6. The summed E-state index contributed by atoms with van der Waals surface area (Å²) >= 11 is 0. The van der Waals surface area contributed by atoms with E-state index in [1.807, 2.05) is 0 Å². The molecule has 0 radical (unpaired) electrons. The summed E-state index contributed by atoms with van der Waals surface area (Å²) in [6, 6.07) is 1.08. The molecule has 0 unspecified atom stereocenters. The maximum absolute atomic E-state index is 13.6. The quantitative estimate of drug-likeness (QED) is 0.777. The number of hydrogen-bond acceptors (Lipinski definition) is 5. The van der Waals surface area contributed by atoms with Gasteiger partial charge in [-0.25, -0.2) is 9.18 Å². The Morgan fingerprint density at radius 1 is 1.37 bits per heavy atom. The molecule has 3 rings (SSSR count). The first-order valence-corrected chi connectivity index (χ1v) is 5.30.